The first-order valence-electron chi connectivity index (χ1n) is 34.4. The van der Waals surface area contributed by atoms with Gasteiger partial charge in [-0.3, -0.25) is 24.0 Å². The molecule has 0 aromatic rings. The smallest absolute Gasteiger partial charge is 0.220 e. The van der Waals surface area contributed by atoms with Crippen LogP contribution in [0.4, 0.5) is 0 Å². The molecule has 6 aliphatic heterocycles. The highest BCUT2D eigenvalue weighted by Gasteiger charge is 2.59. The second-order valence-corrected chi connectivity index (χ2v) is 26.5. The lowest BCUT2D eigenvalue weighted by Crippen LogP contribution is -2.72. The molecule has 6 heterocycles. The monoisotopic (exact) mass is 1430 g/mol. The predicted octanol–water partition coefficient (Wildman–Crippen LogP) is -5.29. The van der Waals surface area contributed by atoms with Crippen LogP contribution in [0.3, 0.4) is 0 Å². The summed E-state index contributed by atoms with van der Waals surface area (Å²) < 4.78 is 72.2. The van der Waals surface area contributed by atoms with E-state index in [0.29, 0.717) is 6.42 Å². The van der Waals surface area contributed by atoms with Crippen molar-refractivity contribution in [2.24, 2.45) is 0 Å². The molecule has 6 aliphatic rings. The second-order valence-electron chi connectivity index (χ2n) is 26.5. The summed E-state index contributed by atoms with van der Waals surface area (Å²) in [6.07, 6.45) is -23.6. The molecule has 18 N–H and O–H groups in total. The SMILES string of the molecule is CCCCCC/C=C\CCCCCCCCCC(=O)NC1[C@H](O[C@@H]2C(CO)O[C@@H](O[C@@H]3C(CO)O[C@@H](O[C@@H]4C(CO)O[C@@H](O[C@@H]5C(CO[C@@H]6OC(C)[C@@](C)(O)C(O)[C@H]6OC)O[C@@H](O)C(NC(C)=O)[C@H]5O)[C@@H](NC(C)=O)C4O)C(NC(C)=O)[C@H]3O)C(NC(C)=O)[C@H]2O)OC(CO)[C@@H](O)[C@@H]1O. The summed E-state index contributed by atoms with van der Waals surface area (Å²) in [5.41, 5.74) is -1.80. The number of unbranched alkanes of at least 4 members (excludes halogenated alkanes) is 11. The van der Waals surface area contributed by atoms with Gasteiger partial charge in [-0.25, -0.2) is 0 Å². The Labute approximate surface area is 575 Å². The van der Waals surface area contributed by atoms with Gasteiger partial charge in [0, 0.05) is 41.2 Å². The minimum absolute atomic E-state index is 0.0165. The van der Waals surface area contributed by atoms with Crippen molar-refractivity contribution in [2.45, 2.75) is 322 Å². The molecule has 99 heavy (non-hydrogen) atoms. The highest BCUT2D eigenvalue weighted by Crippen LogP contribution is 2.38. The Morgan fingerprint density at radius 1 is 0.434 bits per heavy atom. The van der Waals surface area contributed by atoms with Crippen LogP contribution in [0.15, 0.2) is 12.2 Å². The van der Waals surface area contributed by atoms with Crippen LogP contribution in [0.5, 0.6) is 0 Å². The van der Waals surface area contributed by atoms with E-state index in [9.17, 15) is 90.4 Å². The summed E-state index contributed by atoms with van der Waals surface area (Å²) in [7, 11) is 1.22. The zero-order chi connectivity index (χ0) is 73.0. The molecule has 35 nitrogen and oxygen atoms in total. The van der Waals surface area contributed by atoms with E-state index >= 15 is 0 Å². The van der Waals surface area contributed by atoms with Crippen molar-refractivity contribution in [2.75, 3.05) is 40.1 Å². The molecule has 30 atom stereocenters. The van der Waals surface area contributed by atoms with Crippen molar-refractivity contribution in [3.63, 3.8) is 0 Å². The first kappa shape index (κ1) is 84.0. The number of methoxy groups -OCH3 is 1. The van der Waals surface area contributed by atoms with E-state index in [-0.39, 0.29) is 6.42 Å². The first-order valence-corrected chi connectivity index (χ1v) is 34.4. The molecular weight excluding hydrogens is 1320 g/mol. The maximum absolute atomic E-state index is 13.5. The Morgan fingerprint density at radius 3 is 1.20 bits per heavy atom. The number of nitrogens with one attached hydrogen (secondary N) is 5. The normalized spacial score (nSPS) is 40.4. The van der Waals surface area contributed by atoms with Gasteiger partial charge in [-0.15, -0.1) is 0 Å². The van der Waals surface area contributed by atoms with Crippen molar-refractivity contribution in [1.29, 1.82) is 0 Å². The molecular formula is C64H111N5O30. The van der Waals surface area contributed by atoms with Gasteiger partial charge in [0.2, 0.25) is 29.5 Å². The highest BCUT2D eigenvalue weighted by atomic mass is 16.8. The summed E-state index contributed by atoms with van der Waals surface area (Å²) >= 11 is 0. The van der Waals surface area contributed by atoms with Crippen molar-refractivity contribution < 1.29 is 147 Å². The van der Waals surface area contributed by atoms with Crippen molar-refractivity contribution in [1.82, 2.24) is 26.6 Å². The van der Waals surface area contributed by atoms with Crippen LogP contribution in [-0.4, -0.2) is 319 Å². The summed E-state index contributed by atoms with van der Waals surface area (Å²) in [5.74, 6) is -3.71. The van der Waals surface area contributed by atoms with Crippen LogP contribution >= 0.6 is 0 Å². The van der Waals surface area contributed by atoms with E-state index in [1.165, 1.54) is 46.6 Å². The average molecular weight is 1430 g/mol. The molecule has 572 valence electrons. The number of carbonyl (C=O) groups is 5. The van der Waals surface area contributed by atoms with Crippen LogP contribution in [0, 0.1) is 0 Å². The highest BCUT2D eigenvalue weighted by molar-refractivity contribution is 5.76. The maximum Gasteiger partial charge on any atom is 0.220 e. The topological polar surface area (TPSA) is 519 Å². The fourth-order valence-electron chi connectivity index (χ4n) is 13.1. The van der Waals surface area contributed by atoms with E-state index in [2.05, 4.69) is 45.7 Å². The third-order valence-electron chi connectivity index (χ3n) is 18.8. The van der Waals surface area contributed by atoms with E-state index in [0.717, 1.165) is 79.1 Å². The molecule has 6 rings (SSSR count). The molecule has 0 aromatic carbocycles. The summed E-state index contributed by atoms with van der Waals surface area (Å²) in [6, 6.07) is -8.36. The van der Waals surface area contributed by atoms with Gasteiger partial charge in [0.1, 0.15) is 140 Å². The molecule has 0 spiro atoms. The number of allylic oxidation sites excluding steroid dienone is 2. The van der Waals surface area contributed by atoms with Gasteiger partial charge in [-0.2, -0.15) is 0 Å². The number of hydrogen-bond donors (Lipinski definition) is 18. The van der Waals surface area contributed by atoms with Gasteiger partial charge in [0.15, 0.2) is 37.7 Å². The number of rotatable bonds is 36. The summed E-state index contributed by atoms with van der Waals surface area (Å²) in [6.45, 7) is 4.69. The van der Waals surface area contributed by atoms with Crippen molar-refractivity contribution in [3.8, 4) is 0 Å². The number of aliphatic hydroxyl groups excluding tert-OH is 12. The number of hydrogen-bond acceptors (Lipinski definition) is 30. The molecule has 5 amide bonds. The van der Waals surface area contributed by atoms with Crippen LogP contribution in [-0.2, 0) is 80.8 Å². The lowest BCUT2D eigenvalue weighted by atomic mass is 9.86. The number of carbonyl (C=O) groups excluding carboxylic acids is 5. The molecule has 6 fully saturated rings. The number of amides is 5. The number of aliphatic hydroxyl groups is 13. The third-order valence-corrected chi connectivity index (χ3v) is 18.8. The van der Waals surface area contributed by atoms with Gasteiger partial charge in [-0.1, -0.05) is 70.4 Å². The molecule has 6 saturated heterocycles. The van der Waals surface area contributed by atoms with Crippen molar-refractivity contribution >= 4 is 29.5 Å². The molecule has 0 radical (unpaired) electrons. The molecule has 35 heteroatoms. The maximum atomic E-state index is 13.5. The Kier molecular flexibility index (Phi) is 34.3. The van der Waals surface area contributed by atoms with Crippen molar-refractivity contribution in [3.05, 3.63) is 12.2 Å². The van der Waals surface area contributed by atoms with Gasteiger partial charge in [-0.05, 0) is 46.0 Å². The lowest BCUT2D eigenvalue weighted by molar-refractivity contribution is -0.369. The molecule has 0 aliphatic carbocycles. The van der Waals surface area contributed by atoms with Crippen LogP contribution in [0.25, 0.3) is 0 Å². The van der Waals surface area contributed by atoms with Gasteiger partial charge >= 0.3 is 0 Å². The first-order chi connectivity index (χ1) is 47.1. The zero-order valence-electron chi connectivity index (χ0n) is 57.6. The fraction of sp³-hybridized carbons (Fsp3) is 0.891. The molecule has 0 aromatic heterocycles. The van der Waals surface area contributed by atoms with Crippen LogP contribution in [0.2, 0.25) is 0 Å². The summed E-state index contributed by atoms with van der Waals surface area (Å²) in [4.78, 5) is 64.6. The minimum atomic E-state index is -2.05. The Morgan fingerprint density at radius 2 is 0.798 bits per heavy atom. The van der Waals surface area contributed by atoms with Crippen LogP contribution < -0.4 is 26.6 Å². The lowest BCUT2D eigenvalue weighted by Gasteiger charge is -2.51. The number of ether oxygens (including phenoxy) is 12. The van der Waals surface area contributed by atoms with E-state index in [1.54, 1.807) is 0 Å². The third kappa shape index (κ3) is 22.6. The van der Waals surface area contributed by atoms with E-state index in [1.807, 2.05) is 0 Å². The Bertz CT molecular complexity index is 2500. The molecule has 12 unspecified atom stereocenters. The molecule has 0 bridgehead atoms. The largest absolute Gasteiger partial charge is 0.394 e. The summed E-state index contributed by atoms with van der Waals surface area (Å²) in [5, 5.41) is 159. The average Bonchev–Trinajstić information content (AvgIpc) is 0.773. The van der Waals surface area contributed by atoms with Gasteiger partial charge in [0.25, 0.3) is 0 Å². The Hall–Kier alpha value is -3.91. The zero-order valence-corrected chi connectivity index (χ0v) is 57.6. The quantitative estimate of drug-likeness (QED) is 0.0206. The minimum Gasteiger partial charge on any atom is -0.394 e. The van der Waals surface area contributed by atoms with E-state index in [4.69, 9.17) is 56.8 Å². The second kappa shape index (κ2) is 40.4. The fourth-order valence-corrected chi connectivity index (χ4v) is 13.1. The standard InChI is InChI=1S/C64H111N5O30/c1-9-10-11-12-13-14-15-16-17-18-19-20-21-22-23-24-40(78)69-42-47(80)46(79)35(25-70)92-59(42)96-52-36(26-71)93-60(43(49(52)82)66-32(4)75)97-53-37(27-72)94-61(44(50(53)83)67-33(5)76)98-54-38(28-73)95-62(45(51(54)84)68-34(6)77)99-55-39(91-58(86)41(48(55)81)65-31(3)74)29-89-63-56(88-8)57(85)64(7,87)30(2)90-63/h14-15,30,35-39,41-63,70-73,79-87H,9-13,16-29H2,1-8H3,(H,65,74)(H,66,75)(H,67,76)(H,68,77)(H,69,78)/b15-14-/t30?,35?,36?,37?,38?,39?,41?,42?,43?,44?,45-,46+,47+,48+,49+,50+,51?,52+,53+,54+,55+,56+,57?,58+,59-,60-,61-,62-,63+,64+/m0/s1. The predicted molar refractivity (Wildman–Crippen MR) is 339 cm³/mol. The van der Waals surface area contributed by atoms with Gasteiger partial charge in [0.05, 0.1) is 39.1 Å². The van der Waals surface area contributed by atoms with Crippen LogP contribution in [0.1, 0.15) is 138 Å². The van der Waals surface area contributed by atoms with E-state index < -0.39 is 246 Å². The Balaban J connectivity index is 1.15. The molecule has 0 saturated carbocycles. The van der Waals surface area contributed by atoms with Gasteiger partial charge < -0.3 is 150 Å².